The van der Waals surface area contributed by atoms with Crippen LogP contribution in [0.3, 0.4) is 0 Å². The number of halogens is 2. The van der Waals surface area contributed by atoms with Gasteiger partial charge in [0, 0.05) is 28.7 Å². The SMILES string of the molecule is COc1cc(-c2cc3c(s2)c(=O)n(-c2cncc(C#CC(C)(C)O)c2)c(=O)n3CCC#N)c(Cl)cc1F. The summed E-state index contributed by atoms with van der Waals surface area (Å²) in [5.74, 6) is 4.79. The molecular weight excluding hydrogens is 519 g/mol. The van der Waals surface area contributed by atoms with Crippen LogP contribution < -0.4 is 16.0 Å². The van der Waals surface area contributed by atoms with Crippen LogP contribution in [0.15, 0.2) is 46.2 Å². The normalized spacial score (nSPS) is 11.2. The second-order valence-corrected chi connectivity index (χ2v) is 9.97. The van der Waals surface area contributed by atoms with Crippen molar-refractivity contribution in [1.82, 2.24) is 14.1 Å². The molecule has 3 heterocycles. The summed E-state index contributed by atoms with van der Waals surface area (Å²) in [6.07, 6.45) is 2.83. The molecule has 0 aliphatic heterocycles. The van der Waals surface area contributed by atoms with Crippen LogP contribution in [-0.2, 0) is 6.54 Å². The molecule has 3 aromatic heterocycles. The molecule has 0 aliphatic carbocycles. The number of pyridine rings is 1. The van der Waals surface area contributed by atoms with Crippen molar-refractivity contribution in [1.29, 1.82) is 5.26 Å². The van der Waals surface area contributed by atoms with Crippen molar-refractivity contribution in [3.8, 4) is 39.8 Å². The fraction of sp³-hybridized carbons (Fsp3) is 0.231. The van der Waals surface area contributed by atoms with E-state index in [1.54, 1.807) is 6.07 Å². The third kappa shape index (κ3) is 5.27. The second-order valence-electron chi connectivity index (χ2n) is 8.52. The Bertz CT molecular complexity index is 1750. The lowest BCUT2D eigenvalue weighted by Gasteiger charge is -2.11. The maximum Gasteiger partial charge on any atom is 0.336 e. The van der Waals surface area contributed by atoms with Gasteiger partial charge in [-0.1, -0.05) is 23.4 Å². The van der Waals surface area contributed by atoms with E-state index in [-0.39, 0.29) is 34.1 Å². The molecule has 0 bridgehead atoms. The molecule has 37 heavy (non-hydrogen) atoms. The van der Waals surface area contributed by atoms with Crippen LogP contribution in [-0.4, -0.2) is 31.9 Å². The molecule has 0 unspecified atom stereocenters. The Labute approximate surface area is 219 Å². The van der Waals surface area contributed by atoms with Crippen molar-refractivity contribution in [3.05, 3.63) is 73.9 Å². The predicted molar refractivity (Wildman–Crippen MR) is 140 cm³/mol. The molecule has 0 atom stereocenters. The highest BCUT2D eigenvalue weighted by molar-refractivity contribution is 7.22. The molecule has 1 aromatic carbocycles. The predicted octanol–water partition coefficient (Wildman–Crippen LogP) is 4.11. The number of hydrogen-bond acceptors (Lipinski definition) is 7. The maximum absolute atomic E-state index is 14.1. The molecule has 0 saturated carbocycles. The summed E-state index contributed by atoms with van der Waals surface area (Å²) in [5, 5.41) is 19.2. The van der Waals surface area contributed by atoms with E-state index in [0.717, 1.165) is 22.0 Å². The van der Waals surface area contributed by atoms with Gasteiger partial charge in [0.2, 0.25) is 0 Å². The van der Waals surface area contributed by atoms with Gasteiger partial charge in [0.05, 0.1) is 42.0 Å². The average molecular weight is 539 g/mol. The summed E-state index contributed by atoms with van der Waals surface area (Å²) in [7, 11) is 1.33. The topological polar surface area (TPSA) is 110 Å². The highest BCUT2D eigenvalue weighted by atomic mass is 35.5. The molecule has 0 spiro atoms. The Morgan fingerprint density at radius 1 is 1.24 bits per heavy atom. The second kappa shape index (κ2) is 10.2. The zero-order valence-corrected chi connectivity index (χ0v) is 21.6. The van der Waals surface area contributed by atoms with Gasteiger partial charge >= 0.3 is 5.69 Å². The molecule has 11 heteroatoms. The monoisotopic (exact) mass is 538 g/mol. The maximum atomic E-state index is 14.1. The van der Waals surface area contributed by atoms with Crippen LogP contribution in [0.4, 0.5) is 4.39 Å². The molecule has 1 N–H and O–H groups in total. The zero-order chi connectivity index (χ0) is 26.9. The van der Waals surface area contributed by atoms with E-state index in [1.165, 1.54) is 50.1 Å². The van der Waals surface area contributed by atoms with Gasteiger partial charge in [0.15, 0.2) is 11.6 Å². The first-order valence-corrected chi connectivity index (χ1v) is 12.1. The van der Waals surface area contributed by atoms with Crippen molar-refractivity contribution < 1.29 is 14.2 Å². The molecule has 0 fully saturated rings. The van der Waals surface area contributed by atoms with Gasteiger partial charge in [0.1, 0.15) is 10.3 Å². The van der Waals surface area contributed by atoms with Gasteiger partial charge < -0.3 is 9.84 Å². The minimum absolute atomic E-state index is 0.0220. The first kappa shape index (κ1) is 26.1. The lowest BCUT2D eigenvalue weighted by atomic mass is 10.1. The van der Waals surface area contributed by atoms with Gasteiger partial charge in [-0.3, -0.25) is 14.3 Å². The van der Waals surface area contributed by atoms with Crippen LogP contribution >= 0.6 is 22.9 Å². The first-order valence-electron chi connectivity index (χ1n) is 10.9. The van der Waals surface area contributed by atoms with Crippen LogP contribution in [0, 0.1) is 29.0 Å². The van der Waals surface area contributed by atoms with Crippen molar-refractivity contribution in [3.63, 3.8) is 0 Å². The van der Waals surface area contributed by atoms with Gasteiger partial charge in [-0.25, -0.2) is 13.8 Å². The first-order chi connectivity index (χ1) is 17.5. The number of aromatic nitrogens is 3. The minimum Gasteiger partial charge on any atom is -0.494 e. The standard InChI is InChI=1S/C26H20ClFN4O4S/c1-26(2,35)6-5-15-9-16(14-30-13-15)32-24(33)23-20(31(25(32)34)8-4-7-29)12-22(37-23)17-10-21(36-3)19(28)11-18(17)27/h9-14,35H,4,8H2,1-3H3. The molecule has 8 nitrogen and oxygen atoms in total. The number of thiophene rings is 1. The third-order valence-corrected chi connectivity index (χ3v) is 6.73. The molecule has 4 aromatic rings. The van der Waals surface area contributed by atoms with Crippen molar-refractivity contribution in [2.75, 3.05) is 7.11 Å². The van der Waals surface area contributed by atoms with Crippen molar-refractivity contribution >= 4 is 33.2 Å². The van der Waals surface area contributed by atoms with E-state index in [9.17, 15) is 19.1 Å². The van der Waals surface area contributed by atoms with Crippen molar-refractivity contribution in [2.45, 2.75) is 32.4 Å². The number of benzene rings is 1. The zero-order valence-electron chi connectivity index (χ0n) is 20.0. The fourth-order valence-corrected chi connectivity index (χ4v) is 5.03. The summed E-state index contributed by atoms with van der Waals surface area (Å²) in [6.45, 7) is 3.09. The van der Waals surface area contributed by atoms with Crippen LogP contribution in [0.2, 0.25) is 5.02 Å². The molecular formula is C26H20ClFN4O4S. The summed E-state index contributed by atoms with van der Waals surface area (Å²) >= 11 is 7.38. The molecule has 4 rings (SSSR count). The number of fused-ring (bicyclic) bond motifs is 1. The molecule has 0 saturated heterocycles. The Balaban J connectivity index is 1.98. The number of aryl methyl sites for hydroxylation is 1. The summed E-state index contributed by atoms with van der Waals surface area (Å²) in [6, 6.07) is 7.69. The van der Waals surface area contributed by atoms with E-state index in [0.29, 0.717) is 21.5 Å². The van der Waals surface area contributed by atoms with Crippen molar-refractivity contribution in [2.24, 2.45) is 0 Å². The largest absolute Gasteiger partial charge is 0.494 e. The van der Waals surface area contributed by atoms with Gasteiger partial charge in [0.25, 0.3) is 5.56 Å². The molecule has 0 amide bonds. The number of nitriles is 1. The highest BCUT2D eigenvalue weighted by Gasteiger charge is 2.20. The fourth-order valence-electron chi connectivity index (χ4n) is 3.60. The average Bonchev–Trinajstić information content (AvgIpc) is 3.28. The Hall–Kier alpha value is -3.96. The number of methoxy groups -OCH3 is 1. The molecule has 0 radical (unpaired) electrons. The number of nitrogens with zero attached hydrogens (tertiary/aromatic N) is 4. The third-order valence-electron chi connectivity index (χ3n) is 5.27. The summed E-state index contributed by atoms with van der Waals surface area (Å²) < 4.78 is 21.7. The smallest absolute Gasteiger partial charge is 0.336 e. The lowest BCUT2D eigenvalue weighted by Crippen LogP contribution is -2.38. The summed E-state index contributed by atoms with van der Waals surface area (Å²) in [4.78, 5) is 31.7. The Morgan fingerprint density at radius 3 is 2.68 bits per heavy atom. The number of ether oxygens (including phenoxy) is 1. The number of hydrogen-bond donors (Lipinski definition) is 1. The number of rotatable bonds is 5. The van der Waals surface area contributed by atoms with E-state index < -0.39 is 22.7 Å². The van der Waals surface area contributed by atoms with Crippen LogP contribution in [0.5, 0.6) is 5.75 Å². The molecule has 0 aliphatic rings. The highest BCUT2D eigenvalue weighted by Crippen LogP contribution is 2.38. The van der Waals surface area contributed by atoms with Gasteiger partial charge in [-0.15, -0.1) is 11.3 Å². The van der Waals surface area contributed by atoms with Crippen LogP contribution in [0.1, 0.15) is 25.8 Å². The van der Waals surface area contributed by atoms with Gasteiger partial charge in [-0.05, 0) is 38.1 Å². The summed E-state index contributed by atoms with van der Waals surface area (Å²) in [5.41, 5.74) is -1.16. The van der Waals surface area contributed by atoms with E-state index in [1.807, 2.05) is 6.07 Å². The van der Waals surface area contributed by atoms with Gasteiger partial charge in [-0.2, -0.15) is 5.26 Å². The lowest BCUT2D eigenvalue weighted by molar-refractivity contribution is 0.143. The van der Waals surface area contributed by atoms with E-state index >= 15 is 0 Å². The quantitative estimate of drug-likeness (QED) is 0.383. The molecule has 188 valence electrons. The number of aliphatic hydroxyl groups is 1. The Morgan fingerprint density at radius 2 is 2.00 bits per heavy atom. The van der Waals surface area contributed by atoms with Crippen LogP contribution in [0.25, 0.3) is 26.3 Å². The minimum atomic E-state index is -1.24. The Kier molecular flexibility index (Phi) is 7.19. The van der Waals surface area contributed by atoms with E-state index in [2.05, 4.69) is 16.8 Å². The van der Waals surface area contributed by atoms with E-state index in [4.69, 9.17) is 21.6 Å².